The summed E-state index contributed by atoms with van der Waals surface area (Å²) >= 11 is 0. The minimum atomic E-state index is -4.44. The average Bonchev–Trinajstić information content (AvgIpc) is 2.88. The van der Waals surface area contributed by atoms with Crippen LogP contribution in [0.3, 0.4) is 0 Å². The highest BCUT2D eigenvalue weighted by Crippen LogP contribution is 2.33. The van der Waals surface area contributed by atoms with Gasteiger partial charge in [0, 0.05) is 38.4 Å². The zero-order valence-electron chi connectivity index (χ0n) is 20.2. The third-order valence-electron chi connectivity index (χ3n) is 6.30. The summed E-state index contributed by atoms with van der Waals surface area (Å²) in [5.41, 5.74) is 2.20. The molecule has 1 aliphatic heterocycles. The van der Waals surface area contributed by atoms with E-state index >= 15 is 0 Å². The van der Waals surface area contributed by atoms with Crippen LogP contribution in [-0.2, 0) is 6.18 Å². The van der Waals surface area contributed by atoms with Crippen molar-refractivity contribution in [3.63, 3.8) is 0 Å². The molecule has 4 rings (SSSR count). The molecule has 1 heterocycles. The van der Waals surface area contributed by atoms with Crippen molar-refractivity contribution < 1.29 is 22.8 Å². The maximum absolute atomic E-state index is 13.3. The van der Waals surface area contributed by atoms with Gasteiger partial charge in [0.1, 0.15) is 0 Å². The lowest BCUT2D eigenvalue weighted by Crippen LogP contribution is -2.30. The molecule has 1 aliphatic rings. The van der Waals surface area contributed by atoms with Gasteiger partial charge in [0.05, 0.1) is 16.8 Å². The second kappa shape index (κ2) is 10.4. The van der Waals surface area contributed by atoms with Crippen LogP contribution in [-0.4, -0.2) is 43.9 Å². The van der Waals surface area contributed by atoms with Crippen molar-refractivity contribution in [3.05, 3.63) is 83.4 Å². The molecule has 2 amide bonds. The average molecular weight is 496 g/mol. The Kier molecular flexibility index (Phi) is 7.33. The van der Waals surface area contributed by atoms with Gasteiger partial charge >= 0.3 is 6.18 Å². The highest BCUT2D eigenvalue weighted by atomic mass is 19.4. The summed E-state index contributed by atoms with van der Waals surface area (Å²) in [5.74, 6) is -0.691. The number of nitrogens with zero attached hydrogens (tertiary/aromatic N) is 2. The van der Waals surface area contributed by atoms with Crippen molar-refractivity contribution in [2.45, 2.75) is 25.4 Å². The smallest absolute Gasteiger partial charge is 0.372 e. The van der Waals surface area contributed by atoms with Crippen molar-refractivity contribution >= 4 is 23.2 Å². The predicted molar refractivity (Wildman–Crippen MR) is 135 cm³/mol. The van der Waals surface area contributed by atoms with Crippen LogP contribution in [0.25, 0.3) is 11.1 Å². The van der Waals surface area contributed by atoms with Crippen molar-refractivity contribution in [2.24, 2.45) is 0 Å². The highest BCUT2D eigenvalue weighted by Gasteiger charge is 2.30. The number of carbonyl (C=O) groups is 2. The number of halogens is 3. The molecule has 0 saturated carbocycles. The van der Waals surface area contributed by atoms with Gasteiger partial charge < -0.3 is 15.1 Å². The van der Waals surface area contributed by atoms with Crippen LogP contribution < -0.4 is 10.2 Å². The summed E-state index contributed by atoms with van der Waals surface area (Å²) in [6.07, 6.45) is -1.07. The van der Waals surface area contributed by atoms with Gasteiger partial charge in [0.2, 0.25) is 0 Å². The zero-order valence-corrected chi connectivity index (χ0v) is 20.2. The molecule has 0 aliphatic carbocycles. The molecule has 1 N–H and O–H groups in total. The molecule has 0 atom stereocenters. The van der Waals surface area contributed by atoms with E-state index < -0.39 is 17.6 Å². The number of carbonyl (C=O) groups excluding carboxylic acids is 2. The number of nitrogens with one attached hydrogen (secondary N) is 1. The van der Waals surface area contributed by atoms with Gasteiger partial charge in [-0.05, 0) is 66.8 Å². The van der Waals surface area contributed by atoms with Crippen LogP contribution in [0.1, 0.15) is 45.5 Å². The summed E-state index contributed by atoms with van der Waals surface area (Å²) in [6.45, 7) is 1.84. The molecule has 3 aromatic carbocycles. The van der Waals surface area contributed by atoms with Crippen LogP contribution in [0.2, 0.25) is 0 Å². The number of hydrogen-bond donors (Lipinski definition) is 1. The summed E-state index contributed by atoms with van der Waals surface area (Å²) in [7, 11) is 3.31. The lowest BCUT2D eigenvalue weighted by atomic mass is 9.98. The Morgan fingerprint density at radius 2 is 1.53 bits per heavy atom. The van der Waals surface area contributed by atoms with Crippen molar-refractivity contribution in [3.8, 4) is 11.1 Å². The van der Waals surface area contributed by atoms with E-state index in [9.17, 15) is 22.8 Å². The Hall–Kier alpha value is -3.81. The molecular weight excluding hydrogens is 467 g/mol. The lowest BCUT2D eigenvalue weighted by Gasteiger charge is -2.29. The predicted octanol–water partition coefficient (Wildman–Crippen LogP) is 6.32. The molecule has 0 bridgehead atoms. The van der Waals surface area contributed by atoms with Crippen molar-refractivity contribution in [1.82, 2.24) is 4.90 Å². The van der Waals surface area contributed by atoms with E-state index in [0.29, 0.717) is 27.9 Å². The normalized spacial score (nSPS) is 13.9. The van der Waals surface area contributed by atoms with E-state index in [0.717, 1.165) is 43.8 Å². The van der Waals surface area contributed by atoms with Gasteiger partial charge in [0.15, 0.2) is 0 Å². The third kappa shape index (κ3) is 5.53. The standard InChI is InChI=1S/C28H28F3N3O2/c1-33(2)27(36)24-18-21(34-16-6-3-7-17-34)14-15-25(24)32-26(35)23-9-5-4-8-22(23)19-10-12-20(13-11-19)28(29,30)31/h4-5,8-15,18H,3,6-7,16-17H2,1-2H3,(H,32,35). The highest BCUT2D eigenvalue weighted by molar-refractivity contribution is 6.12. The fourth-order valence-electron chi connectivity index (χ4n) is 4.37. The van der Waals surface area contributed by atoms with E-state index in [1.807, 2.05) is 12.1 Å². The Labute approximate surface area is 208 Å². The van der Waals surface area contributed by atoms with Crippen LogP contribution in [0, 0.1) is 0 Å². The van der Waals surface area contributed by atoms with Crippen LogP contribution in [0.5, 0.6) is 0 Å². The summed E-state index contributed by atoms with van der Waals surface area (Å²) in [4.78, 5) is 30.0. The second-order valence-electron chi connectivity index (χ2n) is 9.05. The monoisotopic (exact) mass is 495 g/mol. The zero-order chi connectivity index (χ0) is 25.9. The number of rotatable bonds is 5. The van der Waals surface area contributed by atoms with E-state index in [2.05, 4.69) is 10.2 Å². The molecule has 0 spiro atoms. The summed E-state index contributed by atoms with van der Waals surface area (Å²) in [6, 6.07) is 16.8. The van der Waals surface area contributed by atoms with E-state index in [4.69, 9.17) is 0 Å². The number of amides is 2. The Morgan fingerprint density at radius 1 is 0.861 bits per heavy atom. The van der Waals surface area contributed by atoms with Crippen LogP contribution in [0.15, 0.2) is 66.7 Å². The molecule has 1 fully saturated rings. The van der Waals surface area contributed by atoms with Gasteiger partial charge in [-0.15, -0.1) is 0 Å². The molecule has 1 saturated heterocycles. The molecule has 36 heavy (non-hydrogen) atoms. The van der Waals surface area contributed by atoms with Gasteiger partial charge in [-0.3, -0.25) is 9.59 Å². The number of benzene rings is 3. The molecule has 5 nitrogen and oxygen atoms in total. The Bertz CT molecular complexity index is 1250. The topological polar surface area (TPSA) is 52.7 Å². The third-order valence-corrected chi connectivity index (χ3v) is 6.30. The molecule has 0 aromatic heterocycles. The maximum Gasteiger partial charge on any atom is 0.416 e. The SMILES string of the molecule is CN(C)C(=O)c1cc(N2CCCCC2)ccc1NC(=O)c1ccccc1-c1ccc(C(F)(F)F)cc1. The fraction of sp³-hybridized carbons (Fsp3) is 0.286. The maximum atomic E-state index is 13.3. The molecule has 3 aromatic rings. The minimum absolute atomic E-state index is 0.236. The number of alkyl halides is 3. The van der Waals surface area contributed by atoms with Crippen molar-refractivity contribution in [1.29, 1.82) is 0 Å². The molecule has 8 heteroatoms. The molecule has 0 unspecified atom stereocenters. The number of anilines is 2. The lowest BCUT2D eigenvalue weighted by molar-refractivity contribution is -0.137. The number of hydrogen-bond acceptors (Lipinski definition) is 3. The Morgan fingerprint density at radius 3 is 2.17 bits per heavy atom. The van der Waals surface area contributed by atoms with Crippen LogP contribution in [0.4, 0.5) is 24.5 Å². The van der Waals surface area contributed by atoms with E-state index in [-0.39, 0.29) is 5.91 Å². The van der Waals surface area contributed by atoms with E-state index in [1.54, 1.807) is 44.4 Å². The quantitative estimate of drug-likeness (QED) is 0.451. The van der Waals surface area contributed by atoms with Crippen LogP contribution >= 0.6 is 0 Å². The molecular formula is C28H28F3N3O2. The first-order valence-corrected chi connectivity index (χ1v) is 11.8. The first-order valence-electron chi connectivity index (χ1n) is 11.8. The minimum Gasteiger partial charge on any atom is -0.372 e. The van der Waals surface area contributed by atoms with Gasteiger partial charge in [-0.2, -0.15) is 13.2 Å². The molecule has 0 radical (unpaired) electrons. The first-order chi connectivity index (χ1) is 17.1. The van der Waals surface area contributed by atoms with Gasteiger partial charge in [-0.25, -0.2) is 0 Å². The van der Waals surface area contributed by atoms with Gasteiger partial charge in [-0.1, -0.05) is 30.3 Å². The largest absolute Gasteiger partial charge is 0.416 e. The second-order valence-corrected chi connectivity index (χ2v) is 9.05. The number of piperidine rings is 1. The van der Waals surface area contributed by atoms with Gasteiger partial charge in [0.25, 0.3) is 11.8 Å². The summed E-state index contributed by atoms with van der Waals surface area (Å²) in [5, 5.41) is 2.85. The fourth-order valence-corrected chi connectivity index (χ4v) is 4.37. The van der Waals surface area contributed by atoms with E-state index in [1.165, 1.54) is 23.5 Å². The molecule has 188 valence electrons. The Balaban J connectivity index is 1.65. The first kappa shape index (κ1) is 25.3. The van der Waals surface area contributed by atoms with Crippen molar-refractivity contribution in [2.75, 3.05) is 37.4 Å². The summed E-state index contributed by atoms with van der Waals surface area (Å²) < 4.78 is 38.9.